The van der Waals surface area contributed by atoms with Crippen LogP contribution < -0.4 is 0 Å². The molecular formula is C17H14ClN3O6S. The SMILES string of the molecule is O=C(O)C=CC(=O)N1CCN(C(=O)c2sc3cc([N+](=O)[O-])ccc3c2Cl)CC1. The third-order valence-electron chi connectivity index (χ3n) is 4.27. The van der Waals surface area contributed by atoms with Crippen molar-refractivity contribution in [2.24, 2.45) is 0 Å². The highest BCUT2D eigenvalue weighted by molar-refractivity contribution is 7.21. The van der Waals surface area contributed by atoms with Gasteiger partial charge >= 0.3 is 5.97 Å². The van der Waals surface area contributed by atoms with Gasteiger partial charge in [-0.3, -0.25) is 19.7 Å². The van der Waals surface area contributed by atoms with Crippen molar-refractivity contribution in [2.45, 2.75) is 0 Å². The molecule has 2 heterocycles. The Bertz CT molecular complexity index is 1010. The molecule has 1 aromatic carbocycles. The van der Waals surface area contributed by atoms with E-state index in [9.17, 15) is 24.5 Å². The topological polar surface area (TPSA) is 121 Å². The Kier molecular flexibility index (Phi) is 5.61. The number of fused-ring (bicyclic) bond motifs is 1. The molecule has 28 heavy (non-hydrogen) atoms. The summed E-state index contributed by atoms with van der Waals surface area (Å²) in [6.45, 7) is 1.08. The van der Waals surface area contributed by atoms with Crippen LogP contribution in [-0.4, -0.2) is 63.8 Å². The highest BCUT2D eigenvalue weighted by Gasteiger charge is 2.27. The van der Waals surface area contributed by atoms with Gasteiger partial charge in [0.2, 0.25) is 5.91 Å². The van der Waals surface area contributed by atoms with Gasteiger partial charge in [-0.05, 0) is 6.07 Å². The van der Waals surface area contributed by atoms with E-state index in [1.54, 1.807) is 4.90 Å². The maximum absolute atomic E-state index is 12.8. The third-order valence-corrected chi connectivity index (χ3v) is 5.91. The first kappa shape index (κ1) is 19.8. The van der Waals surface area contributed by atoms with Crippen LogP contribution in [0.3, 0.4) is 0 Å². The second-order valence-corrected chi connectivity index (χ2v) is 7.40. The number of nitrogens with zero attached hydrogens (tertiary/aromatic N) is 3. The lowest BCUT2D eigenvalue weighted by Gasteiger charge is -2.34. The van der Waals surface area contributed by atoms with Gasteiger partial charge in [0.05, 0.1) is 9.95 Å². The van der Waals surface area contributed by atoms with Crippen molar-refractivity contribution >= 4 is 56.5 Å². The largest absolute Gasteiger partial charge is 0.478 e. The van der Waals surface area contributed by atoms with Gasteiger partial charge in [-0.2, -0.15) is 0 Å². The van der Waals surface area contributed by atoms with E-state index in [1.165, 1.54) is 23.1 Å². The van der Waals surface area contributed by atoms with Crippen molar-refractivity contribution in [3.05, 3.63) is 50.4 Å². The van der Waals surface area contributed by atoms with E-state index in [0.717, 1.165) is 23.5 Å². The van der Waals surface area contributed by atoms with Crippen LogP contribution in [0.25, 0.3) is 10.1 Å². The summed E-state index contributed by atoms with van der Waals surface area (Å²) in [6.07, 6.45) is 1.76. The Balaban J connectivity index is 1.73. The number of hydrogen-bond donors (Lipinski definition) is 1. The van der Waals surface area contributed by atoms with E-state index in [-0.39, 0.29) is 42.8 Å². The van der Waals surface area contributed by atoms with Crippen LogP contribution in [0.15, 0.2) is 30.4 Å². The Labute approximate surface area is 167 Å². The lowest BCUT2D eigenvalue weighted by atomic mass is 10.2. The fourth-order valence-electron chi connectivity index (χ4n) is 2.83. The molecule has 11 heteroatoms. The molecule has 1 aromatic heterocycles. The van der Waals surface area contributed by atoms with Crippen LogP contribution in [0.1, 0.15) is 9.67 Å². The lowest BCUT2D eigenvalue weighted by Crippen LogP contribution is -2.50. The summed E-state index contributed by atoms with van der Waals surface area (Å²) in [5, 5.41) is 20.3. The molecule has 3 rings (SSSR count). The van der Waals surface area contributed by atoms with Crippen LogP contribution in [0, 0.1) is 10.1 Å². The highest BCUT2D eigenvalue weighted by atomic mass is 35.5. The average Bonchev–Trinajstić information content (AvgIpc) is 3.01. The molecule has 9 nitrogen and oxygen atoms in total. The first-order valence-electron chi connectivity index (χ1n) is 8.13. The molecule has 1 N–H and O–H groups in total. The monoisotopic (exact) mass is 423 g/mol. The number of carboxylic acids is 1. The molecule has 0 spiro atoms. The molecule has 0 bridgehead atoms. The van der Waals surface area contributed by atoms with Crippen LogP contribution in [0.5, 0.6) is 0 Å². The quantitative estimate of drug-likeness (QED) is 0.458. The van der Waals surface area contributed by atoms with Crippen LogP contribution in [0.2, 0.25) is 5.02 Å². The number of hydrogen-bond acceptors (Lipinski definition) is 6. The summed E-state index contributed by atoms with van der Waals surface area (Å²) in [5.41, 5.74) is -0.0778. The number of amides is 2. The van der Waals surface area contributed by atoms with Crippen LogP contribution in [-0.2, 0) is 9.59 Å². The molecule has 1 aliphatic heterocycles. The zero-order chi connectivity index (χ0) is 20.4. The second kappa shape index (κ2) is 7.95. The minimum Gasteiger partial charge on any atom is -0.478 e. The number of carbonyl (C=O) groups is 3. The van der Waals surface area contributed by atoms with E-state index in [0.29, 0.717) is 15.0 Å². The third kappa shape index (κ3) is 3.97. The Morgan fingerprint density at radius 2 is 1.79 bits per heavy atom. The summed E-state index contributed by atoms with van der Waals surface area (Å²) in [4.78, 5) is 48.9. The average molecular weight is 424 g/mol. The van der Waals surface area contributed by atoms with Crippen molar-refractivity contribution in [3.63, 3.8) is 0 Å². The van der Waals surface area contributed by atoms with Crippen molar-refractivity contribution in [3.8, 4) is 0 Å². The molecule has 0 atom stereocenters. The maximum Gasteiger partial charge on any atom is 0.328 e. The molecule has 146 valence electrons. The van der Waals surface area contributed by atoms with Gasteiger partial charge in [0.15, 0.2) is 0 Å². The van der Waals surface area contributed by atoms with Gasteiger partial charge in [0, 0.05) is 60.5 Å². The lowest BCUT2D eigenvalue weighted by molar-refractivity contribution is -0.384. The maximum atomic E-state index is 12.8. The Hall–Kier alpha value is -2.98. The molecule has 0 saturated carbocycles. The van der Waals surface area contributed by atoms with Crippen LogP contribution in [0.4, 0.5) is 5.69 Å². The summed E-state index contributed by atoms with van der Waals surface area (Å²) >= 11 is 7.41. The zero-order valence-corrected chi connectivity index (χ0v) is 15.9. The molecule has 2 amide bonds. The number of aliphatic carboxylic acids is 1. The van der Waals surface area contributed by atoms with Crippen molar-refractivity contribution in [2.75, 3.05) is 26.2 Å². The zero-order valence-electron chi connectivity index (χ0n) is 14.3. The van der Waals surface area contributed by atoms with E-state index in [1.807, 2.05) is 0 Å². The van der Waals surface area contributed by atoms with E-state index in [2.05, 4.69) is 0 Å². The number of rotatable bonds is 4. The summed E-state index contributed by atoms with van der Waals surface area (Å²) in [7, 11) is 0. The number of non-ortho nitro benzene ring substituents is 1. The number of nitro groups is 1. The molecule has 0 unspecified atom stereocenters. The number of carbonyl (C=O) groups excluding carboxylic acids is 2. The van der Waals surface area contributed by atoms with E-state index < -0.39 is 16.8 Å². The molecule has 0 aliphatic carbocycles. The predicted octanol–water partition coefficient (Wildman–Crippen LogP) is 2.39. The fraction of sp³-hybridized carbons (Fsp3) is 0.235. The normalized spacial score (nSPS) is 14.6. The van der Waals surface area contributed by atoms with Gasteiger partial charge in [-0.15, -0.1) is 11.3 Å². The molecule has 1 aliphatic rings. The van der Waals surface area contributed by atoms with E-state index >= 15 is 0 Å². The number of piperazine rings is 1. The first-order chi connectivity index (χ1) is 13.3. The predicted molar refractivity (Wildman–Crippen MR) is 103 cm³/mol. The molecule has 1 fully saturated rings. The Morgan fingerprint density at radius 3 is 2.39 bits per heavy atom. The Morgan fingerprint density at radius 1 is 1.14 bits per heavy atom. The van der Waals surface area contributed by atoms with Crippen molar-refractivity contribution in [1.29, 1.82) is 0 Å². The number of benzene rings is 1. The van der Waals surface area contributed by atoms with E-state index in [4.69, 9.17) is 16.7 Å². The minimum absolute atomic E-state index is 0.0778. The summed E-state index contributed by atoms with van der Waals surface area (Å²) in [6, 6.07) is 4.24. The number of nitro benzene ring substituents is 1. The molecular weight excluding hydrogens is 410 g/mol. The van der Waals surface area contributed by atoms with Gasteiger partial charge in [0.1, 0.15) is 4.88 Å². The molecule has 1 saturated heterocycles. The fourth-order valence-corrected chi connectivity index (χ4v) is 4.34. The standard InChI is InChI=1S/C17H14ClN3O6S/c18-15-11-2-1-10(21(26)27)9-12(11)28-16(15)17(25)20-7-5-19(6-8-20)13(22)3-4-14(23)24/h1-4,9H,5-8H2,(H,23,24). The van der Waals surface area contributed by atoms with Gasteiger partial charge < -0.3 is 14.9 Å². The second-order valence-electron chi connectivity index (χ2n) is 5.97. The summed E-state index contributed by atoms with van der Waals surface area (Å²) in [5.74, 6) is -1.94. The van der Waals surface area contributed by atoms with Gasteiger partial charge in [0.25, 0.3) is 11.6 Å². The smallest absolute Gasteiger partial charge is 0.328 e. The van der Waals surface area contributed by atoms with Crippen LogP contribution >= 0.6 is 22.9 Å². The molecule has 0 radical (unpaired) electrons. The number of carboxylic acid groups (broad SMARTS) is 1. The highest BCUT2D eigenvalue weighted by Crippen LogP contribution is 2.37. The minimum atomic E-state index is -1.21. The van der Waals surface area contributed by atoms with Crippen molar-refractivity contribution < 1.29 is 24.4 Å². The van der Waals surface area contributed by atoms with Gasteiger partial charge in [-0.25, -0.2) is 4.79 Å². The first-order valence-corrected chi connectivity index (χ1v) is 9.33. The summed E-state index contributed by atoms with van der Waals surface area (Å²) < 4.78 is 0.551. The number of halogens is 1. The number of thiophene rings is 1. The van der Waals surface area contributed by atoms with Crippen molar-refractivity contribution in [1.82, 2.24) is 9.80 Å². The van der Waals surface area contributed by atoms with Gasteiger partial charge in [-0.1, -0.05) is 11.6 Å². The molecule has 2 aromatic rings.